The van der Waals surface area contributed by atoms with Crippen LogP contribution in [0.5, 0.6) is 0 Å². The Balaban J connectivity index is 2.75. The molecule has 6 heteroatoms. The summed E-state index contributed by atoms with van der Waals surface area (Å²) >= 11 is 5.69. The fraction of sp³-hybridized carbons (Fsp3) is 0.167. The molecule has 3 N–H and O–H groups in total. The molecule has 0 bridgehead atoms. The number of urea groups is 1. The molecule has 0 saturated carbocycles. The third kappa shape index (κ3) is 4.00. The zero-order valence-corrected chi connectivity index (χ0v) is 10.1. The van der Waals surface area contributed by atoms with Crippen LogP contribution in [0.3, 0.4) is 0 Å². The SMILES string of the molecule is C#CCCNC(=O)Nc1ccc(Cl)cc1C(=O)O. The number of aromatic carboxylic acids is 1. The van der Waals surface area contributed by atoms with E-state index in [1.54, 1.807) is 0 Å². The van der Waals surface area contributed by atoms with E-state index in [4.69, 9.17) is 23.1 Å². The highest BCUT2D eigenvalue weighted by molar-refractivity contribution is 6.31. The fourth-order valence-corrected chi connectivity index (χ4v) is 1.39. The Kier molecular flexibility index (Phi) is 5.03. The third-order valence-electron chi connectivity index (χ3n) is 2.02. The molecule has 0 aliphatic rings. The van der Waals surface area contributed by atoms with E-state index in [-0.39, 0.29) is 16.3 Å². The van der Waals surface area contributed by atoms with Crippen LogP contribution < -0.4 is 10.6 Å². The second-order valence-corrected chi connectivity index (χ2v) is 3.77. The summed E-state index contributed by atoms with van der Waals surface area (Å²) in [5.74, 6) is 1.20. The maximum atomic E-state index is 11.4. The number of hydrogen-bond acceptors (Lipinski definition) is 2. The lowest BCUT2D eigenvalue weighted by atomic mass is 10.2. The molecule has 1 aromatic rings. The summed E-state index contributed by atoms with van der Waals surface area (Å²) in [7, 11) is 0. The molecule has 0 aliphatic carbocycles. The van der Waals surface area contributed by atoms with E-state index in [2.05, 4.69) is 16.6 Å². The van der Waals surface area contributed by atoms with Gasteiger partial charge >= 0.3 is 12.0 Å². The number of carbonyl (C=O) groups excluding carboxylic acids is 1. The van der Waals surface area contributed by atoms with Crippen molar-refractivity contribution in [2.75, 3.05) is 11.9 Å². The van der Waals surface area contributed by atoms with E-state index < -0.39 is 12.0 Å². The van der Waals surface area contributed by atoms with Crippen LogP contribution in [-0.4, -0.2) is 23.7 Å². The molecule has 2 amide bonds. The van der Waals surface area contributed by atoms with Gasteiger partial charge in [-0.1, -0.05) is 11.6 Å². The smallest absolute Gasteiger partial charge is 0.337 e. The Bertz CT molecular complexity index is 509. The van der Waals surface area contributed by atoms with Crippen LogP contribution in [0.1, 0.15) is 16.8 Å². The lowest BCUT2D eigenvalue weighted by Crippen LogP contribution is -2.30. The minimum absolute atomic E-state index is 0.0744. The summed E-state index contributed by atoms with van der Waals surface area (Å²) in [4.78, 5) is 22.4. The van der Waals surface area contributed by atoms with Gasteiger partial charge in [0.25, 0.3) is 0 Å². The highest BCUT2D eigenvalue weighted by Crippen LogP contribution is 2.20. The van der Waals surface area contributed by atoms with Gasteiger partial charge < -0.3 is 15.7 Å². The molecule has 0 radical (unpaired) electrons. The van der Waals surface area contributed by atoms with Crippen molar-refractivity contribution in [2.24, 2.45) is 0 Å². The van der Waals surface area contributed by atoms with Crippen molar-refractivity contribution in [3.63, 3.8) is 0 Å². The maximum absolute atomic E-state index is 11.4. The van der Waals surface area contributed by atoms with E-state index in [0.29, 0.717) is 13.0 Å². The van der Waals surface area contributed by atoms with Crippen molar-refractivity contribution in [1.29, 1.82) is 0 Å². The predicted octanol–water partition coefficient (Wildman–Crippen LogP) is 2.18. The standard InChI is InChI=1S/C12H11ClN2O3/c1-2-3-6-14-12(18)15-10-5-4-8(13)7-9(10)11(16)17/h1,4-5,7H,3,6H2,(H,16,17)(H2,14,15,18). The van der Waals surface area contributed by atoms with Gasteiger partial charge in [0.15, 0.2) is 0 Å². The quantitative estimate of drug-likeness (QED) is 0.577. The van der Waals surface area contributed by atoms with Gasteiger partial charge in [0.1, 0.15) is 0 Å². The molecule has 94 valence electrons. The average molecular weight is 267 g/mol. The van der Waals surface area contributed by atoms with E-state index in [1.165, 1.54) is 18.2 Å². The predicted molar refractivity (Wildman–Crippen MR) is 68.9 cm³/mol. The summed E-state index contributed by atoms with van der Waals surface area (Å²) in [6.45, 7) is 0.318. The van der Waals surface area contributed by atoms with Crippen LogP contribution in [0.25, 0.3) is 0 Å². The topological polar surface area (TPSA) is 78.4 Å². The Hall–Kier alpha value is -2.19. The molecule has 5 nitrogen and oxygen atoms in total. The molecule has 18 heavy (non-hydrogen) atoms. The molecule has 1 aromatic carbocycles. The van der Waals surface area contributed by atoms with E-state index in [9.17, 15) is 9.59 Å². The van der Waals surface area contributed by atoms with Crippen LogP contribution >= 0.6 is 11.6 Å². The number of carboxylic acid groups (broad SMARTS) is 1. The number of rotatable bonds is 4. The van der Waals surface area contributed by atoms with Crippen LogP contribution in [0.2, 0.25) is 5.02 Å². The van der Waals surface area contributed by atoms with Crippen LogP contribution in [0.15, 0.2) is 18.2 Å². The molecule has 0 fully saturated rings. The average Bonchev–Trinajstić information content (AvgIpc) is 2.31. The van der Waals surface area contributed by atoms with Gasteiger partial charge in [-0.3, -0.25) is 0 Å². The lowest BCUT2D eigenvalue weighted by molar-refractivity contribution is 0.0698. The molecule has 0 aromatic heterocycles. The number of amides is 2. The molecule has 0 unspecified atom stereocenters. The second kappa shape index (κ2) is 6.52. The zero-order chi connectivity index (χ0) is 13.5. The second-order valence-electron chi connectivity index (χ2n) is 3.33. The summed E-state index contributed by atoms with van der Waals surface area (Å²) in [6, 6.07) is 3.66. The normalized spacial score (nSPS) is 9.33. The monoisotopic (exact) mass is 266 g/mol. The van der Waals surface area contributed by atoms with Gasteiger partial charge in [0.2, 0.25) is 0 Å². The molecule has 0 aliphatic heterocycles. The van der Waals surface area contributed by atoms with Crippen LogP contribution in [0.4, 0.5) is 10.5 Å². The Labute approximate surface area is 109 Å². The minimum Gasteiger partial charge on any atom is -0.478 e. The van der Waals surface area contributed by atoms with Crippen molar-refractivity contribution in [1.82, 2.24) is 5.32 Å². The van der Waals surface area contributed by atoms with E-state index >= 15 is 0 Å². The van der Waals surface area contributed by atoms with Gasteiger partial charge in [-0.25, -0.2) is 9.59 Å². The van der Waals surface area contributed by atoms with E-state index in [0.717, 1.165) is 0 Å². The van der Waals surface area contributed by atoms with Gasteiger partial charge in [-0.2, -0.15) is 0 Å². The highest BCUT2D eigenvalue weighted by atomic mass is 35.5. The number of carboxylic acids is 1. The van der Waals surface area contributed by atoms with Crippen LogP contribution in [-0.2, 0) is 0 Å². The number of benzene rings is 1. The van der Waals surface area contributed by atoms with Gasteiger partial charge in [0.05, 0.1) is 11.3 Å². The lowest BCUT2D eigenvalue weighted by Gasteiger charge is -2.09. The van der Waals surface area contributed by atoms with Crippen molar-refractivity contribution < 1.29 is 14.7 Å². The molecule has 0 atom stereocenters. The van der Waals surface area contributed by atoms with Gasteiger partial charge in [-0.15, -0.1) is 12.3 Å². The molecule has 0 saturated heterocycles. The minimum atomic E-state index is -1.17. The summed E-state index contributed by atoms with van der Waals surface area (Å²) < 4.78 is 0. The molecule has 1 rings (SSSR count). The van der Waals surface area contributed by atoms with Gasteiger partial charge in [-0.05, 0) is 18.2 Å². The summed E-state index contributed by atoms with van der Waals surface area (Å²) in [5.41, 5.74) is 0.0970. The first-order chi connectivity index (χ1) is 8.54. The molecule has 0 heterocycles. The Morgan fingerprint density at radius 3 is 2.78 bits per heavy atom. The number of terminal acetylenes is 1. The Morgan fingerprint density at radius 1 is 1.44 bits per heavy atom. The number of carbonyl (C=O) groups is 2. The van der Waals surface area contributed by atoms with Crippen molar-refractivity contribution in [2.45, 2.75) is 6.42 Å². The first-order valence-electron chi connectivity index (χ1n) is 5.05. The number of hydrogen-bond donors (Lipinski definition) is 3. The van der Waals surface area contributed by atoms with Crippen LogP contribution in [0, 0.1) is 12.3 Å². The largest absolute Gasteiger partial charge is 0.478 e. The molecule has 0 spiro atoms. The van der Waals surface area contributed by atoms with Gasteiger partial charge in [0, 0.05) is 18.0 Å². The first-order valence-corrected chi connectivity index (χ1v) is 5.43. The number of anilines is 1. The van der Waals surface area contributed by atoms with Crippen molar-refractivity contribution in [3.05, 3.63) is 28.8 Å². The Morgan fingerprint density at radius 2 is 2.17 bits per heavy atom. The molecular formula is C12H11ClN2O3. The fourth-order valence-electron chi connectivity index (χ4n) is 1.22. The number of nitrogens with one attached hydrogen (secondary N) is 2. The summed E-state index contributed by atoms with van der Waals surface area (Å²) in [5, 5.41) is 14.2. The third-order valence-corrected chi connectivity index (χ3v) is 2.25. The summed E-state index contributed by atoms with van der Waals surface area (Å²) in [6.07, 6.45) is 5.44. The molecular weight excluding hydrogens is 256 g/mol. The van der Waals surface area contributed by atoms with Crippen molar-refractivity contribution >= 4 is 29.3 Å². The van der Waals surface area contributed by atoms with Crippen molar-refractivity contribution in [3.8, 4) is 12.3 Å². The number of halogens is 1. The van der Waals surface area contributed by atoms with E-state index in [1.807, 2.05) is 0 Å². The first kappa shape index (κ1) is 13.9. The highest BCUT2D eigenvalue weighted by Gasteiger charge is 2.12. The maximum Gasteiger partial charge on any atom is 0.337 e. The zero-order valence-electron chi connectivity index (χ0n) is 9.37.